The van der Waals surface area contributed by atoms with Crippen LogP contribution in [0.3, 0.4) is 0 Å². The number of benzene rings is 2. The Labute approximate surface area is 207 Å². The Balaban J connectivity index is 1.74. The zero-order valence-corrected chi connectivity index (χ0v) is 19.9. The van der Waals surface area contributed by atoms with Crippen LogP contribution in [-0.4, -0.2) is 54.9 Å². The molecule has 1 heterocycles. The molecule has 36 heavy (non-hydrogen) atoms. The second-order valence-electron chi connectivity index (χ2n) is 8.47. The number of halogens is 1. The maximum atomic E-state index is 13.5. The number of carboxylic acid groups (broad SMARTS) is 1. The molecule has 0 spiro atoms. The summed E-state index contributed by atoms with van der Waals surface area (Å²) in [4.78, 5) is 33.8. The molecule has 190 valence electrons. The van der Waals surface area contributed by atoms with Gasteiger partial charge in [-0.2, -0.15) is 0 Å². The molecule has 0 aliphatic heterocycles. The lowest BCUT2D eigenvalue weighted by Gasteiger charge is -2.23. The zero-order chi connectivity index (χ0) is 26.4. The lowest BCUT2D eigenvalue weighted by atomic mass is 10.0. The number of nitrogens with two attached hydrogens (primary N) is 1. The summed E-state index contributed by atoms with van der Waals surface area (Å²) in [5, 5.41) is 31.0. The summed E-state index contributed by atoms with van der Waals surface area (Å²) in [6.45, 7) is 3.72. The molecule has 0 bridgehead atoms. The largest absolute Gasteiger partial charge is 0.478 e. The van der Waals surface area contributed by atoms with Crippen LogP contribution in [0, 0.1) is 19.7 Å². The zero-order valence-electron chi connectivity index (χ0n) is 19.9. The number of carbonyl (C=O) groups is 2. The van der Waals surface area contributed by atoms with E-state index in [1.54, 1.807) is 43.0 Å². The summed E-state index contributed by atoms with van der Waals surface area (Å²) in [6, 6.07) is 10.9. The minimum Gasteiger partial charge on any atom is -0.478 e. The van der Waals surface area contributed by atoms with Crippen molar-refractivity contribution in [3.63, 3.8) is 0 Å². The first kappa shape index (κ1) is 26.7. The average Bonchev–Trinajstić information content (AvgIpc) is 2.78. The summed E-state index contributed by atoms with van der Waals surface area (Å²) in [5.74, 6) is -1.98. The Morgan fingerprint density at radius 3 is 2.36 bits per heavy atom. The van der Waals surface area contributed by atoms with Crippen molar-refractivity contribution in [2.75, 3.05) is 12.3 Å². The molecule has 0 unspecified atom stereocenters. The van der Waals surface area contributed by atoms with E-state index in [1.165, 1.54) is 18.2 Å². The number of hydrogen-bond donors (Lipinski definition) is 5. The van der Waals surface area contributed by atoms with Gasteiger partial charge < -0.3 is 26.4 Å². The van der Waals surface area contributed by atoms with E-state index < -0.39 is 18.2 Å². The first-order chi connectivity index (χ1) is 17.0. The molecule has 0 atom stereocenters. The van der Waals surface area contributed by atoms with E-state index in [1.807, 2.05) is 0 Å². The van der Waals surface area contributed by atoms with Crippen LogP contribution in [0.1, 0.15) is 48.8 Å². The van der Waals surface area contributed by atoms with E-state index in [0.29, 0.717) is 16.8 Å². The number of carbonyl (C=O) groups excluding carboxylic acids is 1. The number of nitrogens with zero attached hydrogens (tertiary/aromatic N) is 3. The van der Waals surface area contributed by atoms with Crippen LogP contribution in [0.25, 0.3) is 0 Å². The topological polar surface area (TPSA) is 162 Å². The minimum atomic E-state index is -1.63. The van der Waals surface area contributed by atoms with Gasteiger partial charge >= 0.3 is 5.97 Å². The Morgan fingerprint density at radius 1 is 1.03 bits per heavy atom. The van der Waals surface area contributed by atoms with Crippen LogP contribution in [0.2, 0.25) is 0 Å². The second kappa shape index (κ2) is 11.7. The normalized spacial score (nSPS) is 11.2. The van der Waals surface area contributed by atoms with Gasteiger partial charge in [-0.15, -0.1) is 0 Å². The molecule has 0 aliphatic carbocycles. The highest BCUT2D eigenvalue weighted by atomic mass is 19.1. The fraction of sp³-hybridized carbons (Fsp3) is 0.280. The van der Waals surface area contributed by atoms with Gasteiger partial charge in [0.1, 0.15) is 11.5 Å². The van der Waals surface area contributed by atoms with E-state index in [-0.39, 0.29) is 49.2 Å². The summed E-state index contributed by atoms with van der Waals surface area (Å²) in [7, 11) is 0. The van der Waals surface area contributed by atoms with E-state index in [4.69, 9.17) is 5.73 Å². The maximum absolute atomic E-state index is 13.5. The molecule has 1 aromatic heterocycles. The smallest absolute Gasteiger partial charge is 0.335 e. The van der Waals surface area contributed by atoms with Gasteiger partial charge in [0.25, 0.3) is 5.91 Å². The van der Waals surface area contributed by atoms with Gasteiger partial charge in [-0.05, 0) is 54.3 Å². The quantitative estimate of drug-likeness (QED) is 0.263. The van der Waals surface area contributed by atoms with Crippen molar-refractivity contribution in [3.05, 3.63) is 87.5 Å². The summed E-state index contributed by atoms with van der Waals surface area (Å²) in [6.07, 6.45) is -1.63. The Hall–Kier alpha value is -3.93. The predicted octanol–water partition coefficient (Wildman–Crippen LogP) is 1.76. The number of aromatic nitrogens is 2. The third kappa shape index (κ3) is 7.28. The highest BCUT2D eigenvalue weighted by molar-refractivity contribution is 5.92. The van der Waals surface area contributed by atoms with Gasteiger partial charge in [0.15, 0.2) is 6.29 Å². The van der Waals surface area contributed by atoms with Crippen molar-refractivity contribution in [2.24, 2.45) is 0 Å². The van der Waals surface area contributed by atoms with Gasteiger partial charge in [-0.1, -0.05) is 24.3 Å². The van der Waals surface area contributed by atoms with Crippen LogP contribution in [0.15, 0.2) is 42.5 Å². The predicted molar refractivity (Wildman–Crippen MR) is 129 cm³/mol. The lowest BCUT2D eigenvalue weighted by molar-refractivity contribution is -0.0643. The number of amides is 1. The molecular formula is C25H28FN5O5. The molecular weight excluding hydrogens is 469 g/mol. The van der Waals surface area contributed by atoms with Gasteiger partial charge in [0, 0.05) is 26.2 Å². The monoisotopic (exact) mass is 497 g/mol. The third-order valence-corrected chi connectivity index (χ3v) is 5.44. The van der Waals surface area contributed by atoms with Crippen molar-refractivity contribution in [2.45, 2.75) is 39.8 Å². The van der Waals surface area contributed by atoms with Crippen molar-refractivity contribution in [1.29, 1.82) is 0 Å². The molecule has 6 N–H and O–H groups in total. The molecule has 0 aliphatic rings. The Kier molecular flexibility index (Phi) is 8.64. The molecule has 3 rings (SSSR count). The van der Waals surface area contributed by atoms with Crippen molar-refractivity contribution in [3.8, 4) is 0 Å². The standard InChI is InChI=1S/C25H28FN5O5/c1-14-7-17(3-5-19(14)24(35)36)11-31(13-22(32)33)12-18-9-21(30-25(27)29-18)23(34)28-10-16-4-6-20(26)15(2)8-16/h3-9,22,32-33H,10-13H2,1-2H3,(H,28,34)(H,35,36)(H2,27,29,30). The number of aryl methyl sites for hydroxylation is 2. The summed E-state index contributed by atoms with van der Waals surface area (Å²) in [5.41, 5.74) is 8.93. The van der Waals surface area contributed by atoms with Gasteiger partial charge in [0.05, 0.1) is 11.3 Å². The third-order valence-electron chi connectivity index (χ3n) is 5.44. The highest BCUT2D eigenvalue weighted by Gasteiger charge is 2.17. The first-order valence-electron chi connectivity index (χ1n) is 11.1. The molecule has 3 aromatic rings. The number of carboxylic acids is 1. The molecule has 11 heteroatoms. The van der Waals surface area contributed by atoms with Gasteiger partial charge in [-0.3, -0.25) is 9.69 Å². The van der Waals surface area contributed by atoms with Crippen LogP contribution >= 0.6 is 0 Å². The number of aliphatic hydroxyl groups excluding tert-OH is 1. The lowest BCUT2D eigenvalue weighted by Crippen LogP contribution is -2.32. The van der Waals surface area contributed by atoms with Crippen LogP contribution in [0.4, 0.5) is 10.3 Å². The van der Waals surface area contributed by atoms with Crippen LogP contribution < -0.4 is 11.1 Å². The molecule has 0 saturated heterocycles. The van der Waals surface area contributed by atoms with Crippen molar-refractivity contribution in [1.82, 2.24) is 20.2 Å². The first-order valence-corrected chi connectivity index (χ1v) is 11.1. The van der Waals surface area contributed by atoms with E-state index in [2.05, 4.69) is 15.3 Å². The maximum Gasteiger partial charge on any atom is 0.335 e. The van der Waals surface area contributed by atoms with Gasteiger partial charge in [0.2, 0.25) is 5.95 Å². The summed E-state index contributed by atoms with van der Waals surface area (Å²) >= 11 is 0. The molecule has 10 nitrogen and oxygen atoms in total. The number of nitrogens with one attached hydrogen (secondary N) is 1. The van der Waals surface area contributed by atoms with E-state index >= 15 is 0 Å². The molecule has 0 radical (unpaired) electrons. The number of nitrogen functional groups attached to an aromatic ring is 1. The SMILES string of the molecule is Cc1cc(CNC(=O)c2cc(CN(Cc3ccc(C(=O)O)c(C)c3)CC(O)O)nc(N)n2)ccc1F. The molecule has 2 aromatic carbocycles. The molecule has 0 fully saturated rings. The number of aromatic carboxylic acids is 1. The number of aliphatic hydroxyl groups is 2. The number of rotatable bonds is 10. The average molecular weight is 498 g/mol. The Bertz CT molecular complexity index is 1270. The van der Waals surface area contributed by atoms with Gasteiger partial charge in [-0.25, -0.2) is 19.2 Å². The number of anilines is 1. The van der Waals surface area contributed by atoms with Crippen molar-refractivity contribution >= 4 is 17.8 Å². The molecule has 0 saturated carbocycles. The number of hydrogen-bond acceptors (Lipinski definition) is 8. The van der Waals surface area contributed by atoms with Crippen LogP contribution in [-0.2, 0) is 19.6 Å². The minimum absolute atomic E-state index is 0.0301. The van der Waals surface area contributed by atoms with Crippen molar-refractivity contribution < 1.29 is 29.3 Å². The summed E-state index contributed by atoms with van der Waals surface area (Å²) < 4.78 is 13.5. The van der Waals surface area contributed by atoms with Crippen LogP contribution in [0.5, 0.6) is 0 Å². The molecule has 1 amide bonds. The fourth-order valence-electron chi connectivity index (χ4n) is 3.77. The second-order valence-corrected chi connectivity index (χ2v) is 8.47. The van der Waals surface area contributed by atoms with E-state index in [0.717, 1.165) is 11.1 Å². The fourth-order valence-corrected chi connectivity index (χ4v) is 3.77. The van der Waals surface area contributed by atoms with E-state index in [9.17, 15) is 29.3 Å². The Morgan fingerprint density at radius 2 is 1.72 bits per heavy atom. The highest BCUT2D eigenvalue weighted by Crippen LogP contribution is 2.16.